The first-order valence-electron chi connectivity index (χ1n) is 15.0. The zero-order valence-electron chi connectivity index (χ0n) is 26.3. The Bertz CT molecular complexity index is 1730. The van der Waals surface area contributed by atoms with Gasteiger partial charge in [0.15, 0.2) is 12.0 Å². The van der Waals surface area contributed by atoms with E-state index in [1.807, 2.05) is 25.9 Å². The van der Waals surface area contributed by atoms with Gasteiger partial charge in [-0.3, -0.25) is 15.8 Å². The molecule has 43 heavy (non-hydrogen) atoms. The molecule has 2 aromatic carbocycles. The standard InChI is InChI=1S/C33H42N10/c1-21-17-29(39(3)4)25-19-23(11-13-27(25)35-21)31-37-32(43(41(7)34)33(38-31)42-15-9-8-10-16-42)24-12-14-28-26(20-24)30(40(5)6)18-22(2)36-28/h11-14,17-20,32H,8-10,15-16,34H2,1-7H3. The zero-order valence-corrected chi connectivity index (χ0v) is 26.3. The zero-order chi connectivity index (χ0) is 30.4. The van der Waals surface area contributed by atoms with Crippen molar-refractivity contribution >= 4 is 45.0 Å². The monoisotopic (exact) mass is 578 g/mol. The van der Waals surface area contributed by atoms with Gasteiger partial charge < -0.3 is 14.7 Å². The lowest BCUT2D eigenvalue weighted by molar-refractivity contribution is 0.0171. The van der Waals surface area contributed by atoms with Gasteiger partial charge in [0, 0.05) is 87.4 Å². The molecule has 0 amide bonds. The van der Waals surface area contributed by atoms with Crippen LogP contribution in [0.2, 0.25) is 0 Å². The Hall–Kier alpha value is -4.28. The van der Waals surface area contributed by atoms with E-state index < -0.39 is 6.17 Å². The summed E-state index contributed by atoms with van der Waals surface area (Å²) in [4.78, 5) is 26.8. The minimum atomic E-state index is -0.416. The number of piperidine rings is 1. The van der Waals surface area contributed by atoms with E-state index in [-0.39, 0.29) is 0 Å². The van der Waals surface area contributed by atoms with Gasteiger partial charge in [0.1, 0.15) is 0 Å². The third kappa shape index (κ3) is 5.48. The normalized spacial score (nSPS) is 17.5. The largest absolute Gasteiger partial charge is 0.377 e. The Balaban J connectivity index is 1.55. The molecule has 4 heterocycles. The molecular weight excluding hydrogens is 536 g/mol. The number of hydrogen-bond donors (Lipinski definition) is 1. The summed E-state index contributed by atoms with van der Waals surface area (Å²) in [6.45, 7) is 5.93. The fraction of sp³-hybridized carbons (Fsp3) is 0.394. The van der Waals surface area contributed by atoms with Crippen LogP contribution >= 0.6 is 0 Å². The number of aliphatic imine (C=N–C) groups is 2. The first-order valence-corrected chi connectivity index (χ1v) is 15.0. The average Bonchev–Trinajstić information content (AvgIpc) is 2.99. The number of guanidine groups is 1. The Morgan fingerprint density at radius 1 is 0.744 bits per heavy atom. The van der Waals surface area contributed by atoms with Crippen molar-refractivity contribution in [2.75, 3.05) is 58.1 Å². The highest BCUT2D eigenvalue weighted by Gasteiger charge is 2.35. The smallest absolute Gasteiger partial charge is 0.221 e. The molecule has 1 fully saturated rings. The van der Waals surface area contributed by atoms with Crippen molar-refractivity contribution in [3.63, 3.8) is 0 Å². The SMILES string of the molecule is Cc1cc(N(C)C)c2cc(C3=NC(c4ccc5nc(C)cc(N(C)C)c5c4)N(N(C)N)C(N4CCCCC4)=N3)ccc2n1. The molecule has 0 spiro atoms. The highest BCUT2D eigenvalue weighted by atomic mass is 15.8. The number of rotatable bonds is 5. The number of aryl methyl sites for hydroxylation is 2. The molecule has 0 aliphatic carbocycles. The Kier molecular flexibility index (Phi) is 7.66. The van der Waals surface area contributed by atoms with Gasteiger partial charge in [-0.25, -0.2) is 10.0 Å². The van der Waals surface area contributed by atoms with Crippen LogP contribution in [0.15, 0.2) is 58.5 Å². The van der Waals surface area contributed by atoms with Crippen LogP contribution in [0, 0.1) is 13.8 Å². The molecule has 1 unspecified atom stereocenters. The summed E-state index contributed by atoms with van der Waals surface area (Å²) in [5.74, 6) is 8.09. The van der Waals surface area contributed by atoms with Gasteiger partial charge in [-0.15, -0.1) is 0 Å². The number of benzene rings is 2. The van der Waals surface area contributed by atoms with Crippen LogP contribution in [0.5, 0.6) is 0 Å². The maximum atomic E-state index is 6.58. The molecule has 10 nitrogen and oxygen atoms in total. The van der Waals surface area contributed by atoms with Crippen LogP contribution in [-0.2, 0) is 0 Å². The van der Waals surface area contributed by atoms with Gasteiger partial charge in [0.2, 0.25) is 5.96 Å². The highest BCUT2D eigenvalue weighted by Crippen LogP contribution is 2.35. The highest BCUT2D eigenvalue weighted by molar-refractivity contribution is 6.10. The number of nitrogens with zero attached hydrogens (tertiary/aromatic N) is 9. The predicted octanol–water partition coefficient (Wildman–Crippen LogP) is 4.86. The van der Waals surface area contributed by atoms with E-state index in [0.29, 0.717) is 5.84 Å². The van der Waals surface area contributed by atoms with Gasteiger partial charge in [0.05, 0.1) is 11.0 Å². The molecule has 1 saturated heterocycles. The van der Waals surface area contributed by atoms with Crippen molar-refractivity contribution in [1.29, 1.82) is 0 Å². The number of hydrazine groups is 2. The fourth-order valence-electron chi connectivity index (χ4n) is 6.16. The van der Waals surface area contributed by atoms with E-state index >= 15 is 0 Å². The maximum absolute atomic E-state index is 6.58. The van der Waals surface area contributed by atoms with E-state index in [0.717, 1.165) is 87.6 Å². The van der Waals surface area contributed by atoms with Gasteiger partial charge in [-0.2, -0.15) is 10.1 Å². The van der Waals surface area contributed by atoms with Crippen LogP contribution in [-0.4, -0.2) is 85.1 Å². The Morgan fingerprint density at radius 2 is 1.33 bits per heavy atom. The summed E-state index contributed by atoms with van der Waals surface area (Å²) in [6.07, 6.45) is 3.05. The molecule has 10 heteroatoms. The fourth-order valence-corrected chi connectivity index (χ4v) is 6.16. The van der Waals surface area contributed by atoms with E-state index in [2.05, 4.69) is 91.4 Å². The van der Waals surface area contributed by atoms with E-state index in [1.165, 1.54) is 6.42 Å². The second-order valence-corrected chi connectivity index (χ2v) is 12.1. The lowest BCUT2D eigenvalue weighted by Gasteiger charge is -2.43. The van der Waals surface area contributed by atoms with Crippen LogP contribution in [0.1, 0.15) is 47.9 Å². The van der Waals surface area contributed by atoms with Gasteiger partial charge in [-0.05, 0) is 81.1 Å². The van der Waals surface area contributed by atoms with Crippen molar-refractivity contribution < 1.29 is 0 Å². The van der Waals surface area contributed by atoms with Crippen LogP contribution in [0.25, 0.3) is 21.8 Å². The average molecular weight is 579 g/mol. The van der Waals surface area contributed by atoms with Crippen molar-refractivity contribution in [3.8, 4) is 0 Å². The Labute approximate surface area is 254 Å². The number of anilines is 2. The van der Waals surface area contributed by atoms with Crippen molar-refractivity contribution in [2.24, 2.45) is 15.8 Å². The van der Waals surface area contributed by atoms with Crippen molar-refractivity contribution in [3.05, 3.63) is 71.0 Å². The van der Waals surface area contributed by atoms with Crippen LogP contribution < -0.4 is 15.6 Å². The predicted molar refractivity (Wildman–Crippen MR) is 178 cm³/mol. The van der Waals surface area contributed by atoms with Gasteiger partial charge >= 0.3 is 0 Å². The van der Waals surface area contributed by atoms with E-state index in [1.54, 1.807) is 5.12 Å². The summed E-state index contributed by atoms with van der Waals surface area (Å²) in [7, 11) is 10.1. The lowest BCUT2D eigenvalue weighted by Crippen LogP contribution is -2.57. The first kappa shape index (κ1) is 28.8. The topological polar surface area (TPSA) is 92.7 Å². The molecule has 0 saturated carbocycles. The minimum Gasteiger partial charge on any atom is -0.377 e. The molecule has 0 bridgehead atoms. The van der Waals surface area contributed by atoms with Crippen molar-refractivity contribution in [2.45, 2.75) is 39.3 Å². The summed E-state index contributed by atoms with van der Waals surface area (Å²) in [5, 5.41) is 5.79. The molecule has 0 radical (unpaired) electrons. The molecule has 6 rings (SSSR count). The molecule has 2 aliphatic heterocycles. The molecule has 224 valence electrons. The molecule has 2 N–H and O–H groups in total. The number of fused-ring (bicyclic) bond motifs is 2. The number of likely N-dealkylation sites (tertiary alicyclic amines) is 1. The van der Waals surface area contributed by atoms with E-state index in [9.17, 15) is 0 Å². The van der Waals surface area contributed by atoms with Crippen LogP contribution in [0.3, 0.4) is 0 Å². The van der Waals surface area contributed by atoms with Crippen molar-refractivity contribution in [1.82, 2.24) is 25.0 Å². The number of hydrogen-bond acceptors (Lipinski definition) is 10. The summed E-state index contributed by atoms with van der Waals surface area (Å²) in [6, 6.07) is 17.0. The third-order valence-electron chi connectivity index (χ3n) is 8.24. The number of pyridine rings is 2. The quantitative estimate of drug-likeness (QED) is 0.265. The second-order valence-electron chi connectivity index (χ2n) is 12.1. The van der Waals surface area contributed by atoms with Gasteiger partial charge in [0.25, 0.3) is 0 Å². The maximum Gasteiger partial charge on any atom is 0.221 e. The molecule has 2 aromatic heterocycles. The summed E-state index contributed by atoms with van der Waals surface area (Å²) in [5.41, 5.74) is 8.10. The van der Waals surface area contributed by atoms with Gasteiger partial charge in [-0.1, -0.05) is 6.07 Å². The number of aromatic nitrogens is 2. The number of nitrogens with two attached hydrogens (primary N) is 1. The molecule has 1 atom stereocenters. The van der Waals surface area contributed by atoms with E-state index in [4.69, 9.17) is 25.8 Å². The minimum absolute atomic E-state index is 0.416. The molecular formula is C33H42N10. The second kappa shape index (κ2) is 11.4. The third-order valence-corrected chi connectivity index (χ3v) is 8.24. The van der Waals surface area contributed by atoms with Crippen LogP contribution in [0.4, 0.5) is 11.4 Å². The summed E-state index contributed by atoms with van der Waals surface area (Å²) >= 11 is 0. The summed E-state index contributed by atoms with van der Waals surface area (Å²) < 4.78 is 0. The Morgan fingerprint density at radius 3 is 1.91 bits per heavy atom. The molecule has 4 aromatic rings. The first-order chi connectivity index (χ1) is 20.6. The molecule has 2 aliphatic rings. The lowest BCUT2D eigenvalue weighted by atomic mass is 10.0. The number of amidine groups is 1.